The quantitative estimate of drug-likeness (QED) is 0.0280. The van der Waals surface area contributed by atoms with E-state index in [0.717, 1.165) is 59.1 Å². The number of hydrogen-bond donors (Lipinski definition) is 0. The Bertz CT molecular complexity index is 1830. The molecule has 414 valence electrons. The molecule has 0 fully saturated rings. The third kappa shape index (κ3) is 28.7. The molecule has 0 radical (unpaired) electrons. The molecule has 0 saturated carbocycles. The fourth-order valence-corrected chi connectivity index (χ4v) is 9.86. The molecule has 1 aliphatic rings. The predicted molar refractivity (Wildman–Crippen MR) is 306 cm³/mol. The lowest BCUT2D eigenvalue weighted by molar-refractivity contribution is -0.150. The number of fused-ring (bicyclic) bond motifs is 2. The fourth-order valence-electron chi connectivity index (χ4n) is 9.86. The van der Waals surface area contributed by atoms with Crippen molar-refractivity contribution in [2.75, 3.05) is 39.6 Å². The summed E-state index contributed by atoms with van der Waals surface area (Å²) in [6, 6.07) is 8.10. The number of rotatable bonds is 48. The zero-order valence-electron chi connectivity index (χ0n) is 47.5. The number of carbonyl (C=O) groups excluding carboxylic acids is 2. The molecule has 0 amide bonds. The molecule has 8 heteroatoms. The van der Waals surface area contributed by atoms with Crippen molar-refractivity contribution in [3.63, 3.8) is 0 Å². The van der Waals surface area contributed by atoms with E-state index in [-0.39, 0.29) is 26.4 Å². The number of unbranched alkanes of at least 4 members (excludes halogenated alkanes) is 30. The third-order valence-corrected chi connectivity index (χ3v) is 14.4. The van der Waals surface area contributed by atoms with E-state index in [1.165, 1.54) is 185 Å². The summed E-state index contributed by atoms with van der Waals surface area (Å²) in [4.78, 5) is 25.7. The van der Waals surface area contributed by atoms with Crippen LogP contribution in [0, 0.1) is 0 Å². The van der Waals surface area contributed by atoms with Crippen molar-refractivity contribution in [1.29, 1.82) is 0 Å². The van der Waals surface area contributed by atoms with Crippen LogP contribution in [0.4, 0.5) is 0 Å². The number of esters is 2. The van der Waals surface area contributed by atoms with Crippen LogP contribution in [-0.4, -0.2) is 63.8 Å². The van der Waals surface area contributed by atoms with Gasteiger partial charge in [-0.05, 0) is 46.5 Å². The standard InChI is InChI=1S/C65H106O8/c1-8-10-12-14-16-18-20-22-24-26-28-30-32-34-36-40-46-68-49-56(72-64(66)53(3)4)51-70-62-58-42-38-39-43-59(58)63(61-48-55(7)44-45-60(61)62)71-52-57(73-65(67)54(5)6)50-69-47-41-37-35-33-31-29-27-25-23-21-19-17-15-13-11-9-2/h38-39,42-44,56-57H,3,5,8-37,40-41,45-52H2,1-2,4,6-7H3. The van der Waals surface area contributed by atoms with Crippen molar-refractivity contribution < 1.29 is 38.0 Å². The van der Waals surface area contributed by atoms with Gasteiger partial charge in [-0.1, -0.05) is 256 Å². The van der Waals surface area contributed by atoms with Crippen LogP contribution in [0.25, 0.3) is 10.8 Å². The van der Waals surface area contributed by atoms with Crippen LogP contribution in [0.3, 0.4) is 0 Å². The fraction of sp³-hybridized carbons (Fsp3) is 0.723. The number of benzene rings is 2. The molecule has 0 saturated heterocycles. The molecule has 2 aromatic rings. The summed E-state index contributed by atoms with van der Waals surface area (Å²) in [5, 5.41) is 1.80. The molecule has 8 nitrogen and oxygen atoms in total. The van der Waals surface area contributed by atoms with Gasteiger partial charge in [-0.3, -0.25) is 0 Å². The smallest absolute Gasteiger partial charge is 0.333 e. The second kappa shape index (κ2) is 41.6. The van der Waals surface area contributed by atoms with Crippen molar-refractivity contribution in [1.82, 2.24) is 0 Å². The zero-order valence-corrected chi connectivity index (χ0v) is 47.5. The van der Waals surface area contributed by atoms with Gasteiger partial charge in [0.1, 0.15) is 24.7 Å². The Balaban J connectivity index is 1.49. The molecule has 0 N–H and O–H groups in total. The van der Waals surface area contributed by atoms with E-state index in [1.54, 1.807) is 13.8 Å². The summed E-state index contributed by atoms with van der Waals surface area (Å²) < 4.78 is 37.5. The molecular weight excluding hydrogens is 909 g/mol. The summed E-state index contributed by atoms with van der Waals surface area (Å²) in [6.07, 6.45) is 44.7. The molecule has 0 bridgehead atoms. The lowest BCUT2D eigenvalue weighted by Crippen LogP contribution is -2.31. The van der Waals surface area contributed by atoms with Gasteiger partial charge < -0.3 is 28.4 Å². The van der Waals surface area contributed by atoms with Crippen molar-refractivity contribution in [3.05, 3.63) is 71.3 Å². The van der Waals surface area contributed by atoms with Gasteiger partial charge in [0, 0.05) is 46.3 Å². The average molecular weight is 1020 g/mol. The van der Waals surface area contributed by atoms with Crippen molar-refractivity contribution >= 4 is 22.7 Å². The van der Waals surface area contributed by atoms with Crippen LogP contribution in [0.1, 0.15) is 251 Å². The van der Waals surface area contributed by atoms with Crippen LogP contribution >= 0.6 is 0 Å². The highest BCUT2D eigenvalue weighted by molar-refractivity contribution is 5.96. The molecule has 2 aromatic carbocycles. The minimum absolute atomic E-state index is 0.132. The molecule has 0 aromatic heterocycles. The van der Waals surface area contributed by atoms with Crippen molar-refractivity contribution in [2.24, 2.45) is 0 Å². The lowest BCUT2D eigenvalue weighted by Gasteiger charge is -2.27. The van der Waals surface area contributed by atoms with Gasteiger partial charge in [-0.2, -0.15) is 0 Å². The first-order chi connectivity index (χ1) is 35.7. The maximum Gasteiger partial charge on any atom is 0.333 e. The normalized spacial score (nSPS) is 13.1. The average Bonchev–Trinajstić information content (AvgIpc) is 3.38. The van der Waals surface area contributed by atoms with E-state index in [9.17, 15) is 9.59 Å². The highest BCUT2D eigenvalue weighted by Crippen LogP contribution is 2.44. The molecule has 2 unspecified atom stereocenters. The van der Waals surface area contributed by atoms with Crippen molar-refractivity contribution in [3.8, 4) is 11.5 Å². The monoisotopic (exact) mass is 1010 g/mol. The molecule has 1 aliphatic carbocycles. The molecule has 0 aliphatic heterocycles. The van der Waals surface area contributed by atoms with E-state index in [0.29, 0.717) is 37.2 Å². The maximum absolute atomic E-state index is 12.8. The minimum Gasteiger partial charge on any atom is -0.489 e. The molecule has 73 heavy (non-hydrogen) atoms. The van der Waals surface area contributed by atoms with Crippen LogP contribution in [0.5, 0.6) is 11.5 Å². The van der Waals surface area contributed by atoms with Crippen LogP contribution in [0.2, 0.25) is 0 Å². The largest absolute Gasteiger partial charge is 0.489 e. The van der Waals surface area contributed by atoms with Gasteiger partial charge in [-0.25, -0.2) is 9.59 Å². The SMILES string of the molecule is C=C(C)C(=O)OC(COCCCCCCCCCCCCCCCCCC)COc1c2c(c(OCC(COCCCCCCCCCCCCCCCCCC)OC(=O)C(=C)C)c3ccccc13)CC(C)=CC2. The van der Waals surface area contributed by atoms with Crippen LogP contribution in [-0.2, 0) is 41.4 Å². The van der Waals surface area contributed by atoms with Gasteiger partial charge in [0.25, 0.3) is 0 Å². The number of allylic oxidation sites excluding steroid dienone is 2. The van der Waals surface area contributed by atoms with E-state index in [2.05, 4.69) is 40.0 Å². The first-order valence-corrected chi connectivity index (χ1v) is 30.0. The third-order valence-electron chi connectivity index (χ3n) is 14.4. The second-order valence-corrected chi connectivity index (χ2v) is 21.6. The highest BCUT2D eigenvalue weighted by atomic mass is 16.6. The van der Waals surface area contributed by atoms with E-state index in [1.807, 2.05) is 24.3 Å². The molecule has 0 spiro atoms. The van der Waals surface area contributed by atoms with Gasteiger partial charge in [-0.15, -0.1) is 0 Å². The number of ether oxygens (including phenoxy) is 6. The minimum atomic E-state index is -0.612. The Morgan fingerprint density at radius 3 is 1.11 bits per heavy atom. The summed E-state index contributed by atoms with van der Waals surface area (Å²) in [7, 11) is 0. The van der Waals surface area contributed by atoms with E-state index >= 15 is 0 Å². The van der Waals surface area contributed by atoms with Crippen molar-refractivity contribution in [2.45, 2.75) is 265 Å². The number of hydrogen-bond acceptors (Lipinski definition) is 8. The van der Waals surface area contributed by atoms with Gasteiger partial charge >= 0.3 is 11.9 Å². The van der Waals surface area contributed by atoms with E-state index in [4.69, 9.17) is 28.4 Å². The first kappa shape index (κ1) is 63.7. The number of carbonyl (C=O) groups is 2. The van der Waals surface area contributed by atoms with Crippen LogP contribution < -0.4 is 9.47 Å². The van der Waals surface area contributed by atoms with Crippen LogP contribution in [0.15, 0.2) is 60.2 Å². The lowest BCUT2D eigenvalue weighted by atomic mass is 9.87. The Morgan fingerprint density at radius 1 is 0.466 bits per heavy atom. The Morgan fingerprint density at radius 2 is 0.781 bits per heavy atom. The van der Waals surface area contributed by atoms with Gasteiger partial charge in [0.2, 0.25) is 0 Å². The molecule has 0 heterocycles. The predicted octanol–water partition coefficient (Wildman–Crippen LogP) is 18.2. The molecular formula is C65H106O8. The van der Waals surface area contributed by atoms with Gasteiger partial charge in [0.05, 0.1) is 13.2 Å². The van der Waals surface area contributed by atoms with Gasteiger partial charge in [0.15, 0.2) is 12.2 Å². The highest BCUT2D eigenvalue weighted by Gasteiger charge is 2.27. The zero-order chi connectivity index (χ0) is 52.6. The second-order valence-electron chi connectivity index (χ2n) is 21.6. The summed E-state index contributed by atoms with van der Waals surface area (Å²) in [5.41, 5.74) is 4.00. The van der Waals surface area contributed by atoms with E-state index < -0.39 is 24.1 Å². The Kier molecular flexibility index (Phi) is 36.3. The molecule has 2 atom stereocenters. The first-order valence-electron chi connectivity index (χ1n) is 30.0. The topological polar surface area (TPSA) is 89.5 Å². The summed E-state index contributed by atoms with van der Waals surface area (Å²) in [5.74, 6) is 0.602. The maximum atomic E-state index is 12.8. The summed E-state index contributed by atoms with van der Waals surface area (Å²) >= 11 is 0. The Labute approximate surface area is 446 Å². The Hall–Kier alpha value is -3.62. The summed E-state index contributed by atoms with van der Waals surface area (Å²) in [6.45, 7) is 19.6. The molecule has 3 rings (SSSR count).